The Balaban J connectivity index is 0.000000491. The number of nitrogens with one attached hydrogen (secondary N) is 1. The maximum atomic E-state index is 13.7. The summed E-state index contributed by atoms with van der Waals surface area (Å²) >= 11 is 0. The molecule has 2 aliphatic rings. The number of hydrogen-bond acceptors (Lipinski definition) is 4. The Morgan fingerprint density at radius 2 is 1.75 bits per heavy atom. The summed E-state index contributed by atoms with van der Waals surface area (Å²) in [7, 11) is 3.83. The van der Waals surface area contributed by atoms with Crippen molar-refractivity contribution in [3.63, 3.8) is 0 Å². The van der Waals surface area contributed by atoms with Gasteiger partial charge in [0.05, 0.1) is 25.4 Å². The number of nitrogens with zero attached hydrogens (tertiary/aromatic N) is 4. The highest BCUT2D eigenvalue weighted by Gasteiger charge is 2.50. The number of amides is 2. The molecule has 1 aromatic heterocycles. The highest BCUT2D eigenvalue weighted by atomic mass is 16.5. The van der Waals surface area contributed by atoms with E-state index in [0.717, 1.165) is 60.0 Å². The third-order valence-corrected chi connectivity index (χ3v) is 7.76. The number of H-pyrrole nitrogens is 1. The predicted molar refractivity (Wildman–Crippen MR) is 166 cm³/mol. The predicted octanol–water partition coefficient (Wildman–Crippen LogP) is 7.46. The molecule has 7 nitrogen and oxygen atoms in total. The molecule has 2 aliphatic heterocycles. The van der Waals surface area contributed by atoms with E-state index in [2.05, 4.69) is 66.0 Å². The summed E-state index contributed by atoms with van der Waals surface area (Å²) in [4.78, 5) is 20.1. The van der Waals surface area contributed by atoms with Crippen LogP contribution in [0.15, 0.2) is 60.9 Å². The van der Waals surface area contributed by atoms with Crippen LogP contribution in [0.2, 0.25) is 0 Å². The lowest BCUT2D eigenvalue weighted by Crippen LogP contribution is -2.53. The summed E-state index contributed by atoms with van der Waals surface area (Å²) in [5.41, 5.74) is 3.99. The Kier molecular flexibility index (Phi) is 11.6. The van der Waals surface area contributed by atoms with Crippen LogP contribution in [0.1, 0.15) is 65.9 Å². The molecule has 40 heavy (non-hydrogen) atoms. The van der Waals surface area contributed by atoms with E-state index in [0.29, 0.717) is 13.1 Å². The minimum absolute atomic E-state index is 0.0773. The van der Waals surface area contributed by atoms with Gasteiger partial charge in [-0.3, -0.25) is 10.00 Å². The molecule has 1 N–H and O–H groups in total. The van der Waals surface area contributed by atoms with Crippen molar-refractivity contribution in [3.05, 3.63) is 66.5 Å². The molecule has 0 aliphatic carbocycles. The normalized spacial score (nSPS) is 16.4. The van der Waals surface area contributed by atoms with Gasteiger partial charge in [0, 0.05) is 37.1 Å². The Labute approximate surface area is 241 Å². The molecule has 3 heterocycles. The fourth-order valence-electron chi connectivity index (χ4n) is 5.47. The zero-order chi connectivity index (χ0) is 29.1. The largest absolute Gasteiger partial charge is 0.497 e. The van der Waals surface area contributed by atoms with Crippen LogP contribution in [0.3, 0.4) is 0 Å². The van der Waals surface area contributed by atoms with Gasteiger partial charge in [0.1, 0.15) is 5.75 Å². The second-order valence-corrected chi connectivity index (χ2v) is 11.1. The zero-order valence-electron chi connectivity index (χ0n) is 25.6. The molecule has 218 valence electrons. The van der Waals surface area contributed by atoms with Gasteiger partial charge < -0.3 is 14.5 Å². The van der Waals surface area contributed by atoms with Crippen LogP contribution in [-0.4, -0.2) is 65.4 Å². The number of carbonyl (C=O) groups excluding carboxylic acids is 1. The third kappa shape index (κ3) is 7.66. The molecule has 2 amide bonds. The Bertz CT molecular complexity index is 1150. The molecule has 1 spiro atoms. The van der Waals surface area contributed by atoms with Crippen LogP contribution in [0.25, 0.3) is 11.1 Å². The first-order chi connectivity index (χ1) is 19.3. The molecule has 0 unspecified atom stereocenters. The number of ether oxygens (including phenoxy) is 1. The van der Waals surface area contributed by atoms with Gasteiger partial charge in [-0.1, -0.05) is 71.7 Å². The SMILES string of the molecule is CC.CCCC(C)C.COc1cccc(CN2C(=O)N(c3ccc(-c4cn[nH]c4)cc3)CC23CCN(C)CC3)c1. The van der Waals surface area contributed by atoms with Gasteiger partial charge in [0.15, 0.2) is 0 Å². The van der Waals surface area contributed by atoms with Crippen LogP contribution in [0.5, 0.6) is 5.75 Å². The van der Waals surface area contributed by atoms with Gasteiger partial charge in [0.25, 0.3) is 0 Å². The van der Waals surface area contributed by atoms with Gasteiger partial charge in [0.2, 0.25) is 0 Å². The third-order valence-electron chi connectivity index (χ3n) is 7.76. The average Bonchev–Trinajstić information content (AvgIpc) is 3.60. The first kappa shape index (κ1) is 31.2. The van der Waals surface area contributed by atoms with E-state index in [-0.39, 0.29) is 11.6 Å². The number of piperidine rings is 1. The molecule has 3 aromatic rings. The lowest BCUT2D eigenvalue weighted by atomic mass is 9.86. The van der Waals surface area contributed by atoms with Crippen molar-refractivity contribution < 1.29 is 9.53 Å². The zero-order valence-corrected chi connectivity index (χ0v) is 25.6. The van der Waals surface area contributed by atoms with Gasteiger partial charge in [-0.05, 0) is 61.2 Å². The second kappa shape index (κ2) is 14.9. The van der Waals surface area contributed by atoms with E-state index >= 15 is 0 Å². The number of urea groups is 1. The molecule has 5 rings (SSSR count). The number of rotatable bonds is 7. The molecule has 0 saturated carbocycles. The fourth-order valence-corrected chi connectivity index (χ4v) is 5.47. The molecule has 0 radical (unpaired) electrons. The summed E-state index contributed by atoms with van der Waals surface area (Å²) in [6.45, 7) is 14.0. The number of likely N-dealkylation sites (tertiary alicyclic amines) is 1. The van der Waals surface area contributed by atoms with Crippen LogP contribution in [-0.2, 0) is 6.54 Å². The summed E-state index contributed by atoms with van der Waals surface area (Å²) in [6.07, 6.45) is 8.34. The van der Waals surface area contributed by atoms with Crippen molar-refractivity contribution in [2.24, 2.45) is 5.92 Å². The monoisotopic (exact) mass is 547 g/mol. The first-order valence-corrected chi connectivity index (χ1v) is 14.8. The molecule has 2 saturated heterocycles. The molecule has 0 atom stereocenters. The molecule has 2 fully saturated rings. The van der Waals surface area contributed by atoms with E-state index in [4.69, 9.17) is 4.74 Å². The fraction of sp³-hybridized carbons (Fsp3) is 0.515. The second-order valence-electron chi connectivity index (χ2n) is 11.1. The number of aromatic nitrogens is 2. The summed E-state index contributed by atoms with van der Waals surface area (Å²) in [5.74, 6) is 1.72. The van der Waals surface area contributed by atoms with E-state index in [1.165, 1.54) is 12.8 Å². The molecular weight excluding hydrogens is 498 g/mol. The summed E-state index contributed by atoms with van der Waals surface area (Å²) in [6, 6.07) is 16.3. The minimum atomic E-state index is -0.157. The van der Waals surface area contributed by atoms with Crippen molar-refractivity contribution in [1.82, 2.24) is 20.0 Å². The van der Waals surface area contributed by atoms with Gasteiger partial charge >= 0.3 is 6.03 Å². The maximum absolute atomic E-state index is 13.7. The maximum Gasteiger partial charge on any atom is 0.325 e. The van der Waals surface area contributed by atoms with Crippen molar-refractivity contribution >= 4 is 11.7 Å². The smallest absolute Gasteiger partial charge is 0.325 e. The average molecular weight is 548 g/mol. The first-order valence-electron chi connectivity index (χ1n) is 14.8. The van der Waals surface area contributed by atoms with E-state index in [1.807, 2.05) is 55.3 Å². The van der Waals surface area contributed by atoms with E-state index in [1.54, 1.807) is 13.3 Å². The lowest BCUT2D eigenvalue weighted by molar-refractivity contribution is 0.0825. The van der Waals surface area contributed by atoms with Gasteiger partial charge in [-0.25, -0.2) is 4.79 Å². The number of benzene rings is 2. The highest BCUT2D eigenvalue weighted by molar-refractivity contribution is 5.95. The molecular formula is C33H49N5O2. The molecule has 2 aromatic carbocycles. The van der Waals surface area contributed by atoms with Crippen molar-refractivity contribution in [3.8, 4) is 16.9 Å². The summed E-state index contributed by atoms with van der Waals surface area (Å²) < 4.78 is 5.40. The molecule has 0 bridgehead atoms. The number of aromatic amines is 1. The van der Waals surface area contributed by atoms with Gasteiger partial charge in [-0.15, -0.1) is 0 Å². The number of anilines is 1. The lowest BCUT2D eigenvalue weighted by Gasteiger charge is -2.42. The van der Waals surface area contributed by atoms with Crippen molar-refractivity contribution in [2.45, 2.75) is 72.4 Å². The quantitative estimate of drug-likeness (QED) is 0.333. The Morgan fingerprint density at radius 3 is 2.30 bits per heavy atom. The van der Waals surface area contributed by atoms with Crippen LogP contribution in [0.4, 0.5) is 10.5 Å². The number of hydrogen-bond donors (Lipinski definition) is 1. The summed E-state index contributed by atoms with van der Waals surface area (Å²) in [5, 5.41) is 6.88. The van der Waals surface area contributed by atoms with Crippen LogP contribution in [0, 0.1) is 5.92 Å². The molecule has 7 heteroatoms. The van der Waals surface area contributed by atoms with E-state index < -0.39 is 0 Å². The van der Waals surface area contributed by atoms with Crippen molar-refractivity contribution in [1.29, 1.82) is 0 Å². The van der Waals surface area contributed by atoms with Crippen LogP contribution >= 0.6 is 0 Å². The topological polar surface area (TPSA) is 64.7 Å². The number of methoxy groups -OCH3 is 1. The van der Waals surface area contributed by atoms with E-state index in [9.17, 15) is 4.79 Å². The van der Waals surface area contributed by atoms with Gasteiger partial charge in [-0.2, -0.15) is 5.10 Å². The standard InChI is InChI=1S/C25H29N5O2.C6H14.C2H6/c1-28-12-10-25(11-13-28)18-29(22-8-6-20(7-9-22)21-15-26-27-16-21)24(31)30(25)17-19-4-3-5-23(14-19)32-2;1-4-5-6(2)3;1-2/h3-9,14-16H,10-13,17-18H2,1-2H3,(H,26,27);6H,4-5H2,1-3H3;1-2H3. The minimum Gasteiger partial charge on any atom is -0.497 e. The number of carbonyl (C=O) groups is 1. The Morgan fingerprint density at radius 1 is 1.05 bits per heavy atom. The van der Waals surface area contributed by atoms with Crippen LogP contribution < -0.4 is 9.64 Å². The Hall–Kier alpha value is -3.32. The van der Waals surface area contributed by atoms with Crippen molar-refractivity contribution in [2.75, 3.05) is 38.7 Å². The highest BCUT2D eigenvalue weighted by Crippen LogP contribution is 2.39.